The average Bonchev–Trinajstić information content (AvgIpc) is 2.68. The highest BCUT2D eigenvalue weighted by molar-refractivity contribution is 8.15. The maximum absolute atomic E-state index is 11.7. The summed E-state index contributed by atoms with van der Waals surface area (Å²) in [5, 5.41) is 13.8. The van der Waals surface area contributed by atoms with Crippen molar-refractivity contribution >= 4 is 57.4 Å². The number of fused-ring (bicyclic) bond motifs is 1. The Morgan fingerprint density at radius 2 is 2.00 bits per heavy atom. The summed E-state index contributed by atoms with van der Waals surface area (Å²) in [5.74, 6) is 0.399. The highest BCUT2D eigenvalue weighted by atomic mass is 35.5. The molecule has 2 aliphatic rings. The Morgan fingerprint density at radius 1 is 1.21 bits per heavy atom. The number of halogens is 2. The molecule has 0 bridgehead atoms. The Hall–Kier alpha value is -2.02. The second-order valence-corrected chi connectivity index (χ2v) is 9.96. The third kappa shape index (κ3) is 3.89. The number of hydrogen-bond acceptors (Lipinski definition) is 4. The number of nitrogens with zero attached hydrogens (tertiary/aromatic N) is 2. The summed E-state index contributed by atoms with van der Waals surface area (Å²) in [6, 6.07) is 11.4. The van der Waals surface area contributed by atoms with Crippen LogP contribution in [0.5, 0.6) is 0 Å². The van der Waals surface area contributed by atoms with Crippen LogP contribution in [0.1, 0.15) is 37.0 Å². The Kier molecular flexibility index (Phi) is 5.36. The molecule has 2 heterocycles. The van der Waals surface area contributed by atoms with Crippen molar-refractivity contribution in [2.75, 3.05) is 11.4 Å². The Morgan fingerprint density at radius 3 is 2.72 bits per heavy atom. The lowest BCUT2D eigenvalue weighted by Crippen LogP contribution is -2.39. The van der Waals surface area contributed by atoms with Gasteiger partial charge in [-0.1, -0.05) is 41.0 Å². The number of anilines is 1. The predicted octanol–water partition coefficient (Wildman–Crippen LogP) is 5.71. The first-order valence-electron chi connectivity index (χ1n) is 9.28. The van der Waals surface area contributed by atoms with Crippen LogP contribution in [0.2, 0.25) is 10.0 Å². The maximum Gasteiger partial charge on any atom is 0.300 e. The Balaban J connectivity index is 1.68. The van der Waals surface area contributed by atoms with Gasteiger partial charge in [0.2, 0.25) is 0 Å². The van der Waals surface area contributed by atoms with Gasteiger partial charge in [-0.25, -0.2) is 5.43 Å². The normalized spacial score (nSPS) is 18.0. The summed E-state index contributed by atoms with van der Waals surface area (Å²) < 4.78 is -0.405. The Labute approximate surface area is 184 Å². The molecule has 2 aromatic rings. The van der Waals surface area contributed by atoms with E-state index in [1.54, 1.807) is 12.1 Å². The minimum absolute atomic E-state index is 0.141. The molecule has 2 aliphatic heterocycles. The van der Waals surface area contributed by atoms with Gasteiger partial charge < -0.3 is 4.90 Å². The van der Waals surface area contributed by atoms with E-state index in [4.69, 9.17) is 28.6 Å². The van der Waals surface area contributed by atoms with Gasteiger partial charge in [-0.05, 0) is 68.1 Å². The van der Waals surface area contributed by atoms with Crippen LogP contribution >= 0.6 is 35.0 Å². The van der Waals surface area contributed by atoms with Crippen LogP contribution in [0, 0.1) is 5.41 Å². The smallest absolute Gasteiger partial charge is 0.300 e. The van der Waals surface area contributed by atoms with Gasteiger partial charge in [0.1, 0.15) is 5.84 Å². The second-order valence-electron chi connectivity index (χ2n) is 7.55. The van der Waals surface area contributed by atoms with Gasteiger partial charge in [0, 0.05) is 17.8 Å². The number of aryl methyl sites for hydroxylation is 1. The van der Waals surface area contributed by atoms with E-state index in [0.717, 1.165) is 41.9 Å². The van der Waals surface area contributed by atoms with Gasteiger partial charge in [-0.2, -0.15) is 5.10 Å². The molecule has 4 rings (SSSR count). The summed E-state index contributed by atoms with van der Waals surface area (Å²) in [4.78, 5) is 13.7. The standard InChI is InChI=1S/C21H20Cl2N4OS/c1-21(2)18(25-26-20(28)29-21)13-6-8-17-12(10-13)4-3-9-27(17)19(24)14-5-7-15(22)16(23)11-14/h5-8,10-11,24H,3-4,9H2,1-2H3,(H,26,28). The van der Waals surface area contributed by atoms with Gasteiger partial charge in [-0.3, -0.25) is 10.2 Å². The van der Waals surface area contributed by atoms with Crippen molar-refractivity contribution in [2.45, 2.75) is 31.4 Å². The first kappa shape index (κ1) is 20.3. The molecular formula is C21H20Cl2N4OS. The van der Waals surface area contributed by atoms with E-state index < -0.39 is 4.75 Å². The van der Waals surface area contributed by atoms with Gasteiger partial charge in [0.05, 0.1) is 20.5 Å². The summed E-state index contributed by atoms with van der Waals surface area (Å²) in [5.41, 5.74) is 7.32. The molecule has 0 saturated carbocycles. The number of carbonyl (C=O) groups excluding carboxylic acids is 1. The number of thioether (sulfide) groups is 1. The van der Waals surface area contributed by atoms with E-state index in [-0.39, 0.29) is 5.24 Å². The second kappa shape index (κ2) is 7.67. The molecule has 0 atom stereocenters. The van der Waals surface area contributed by atoms with Crippen molar-refractivity contribution < 1.29 is 4.79 Å². The van der Waals surface area contributed by atoms with Crippen molar-refractivity contribution in [3.05, 3.63) is 63.1 Å². The molecule has 0 unspecified atom stereocenters. The summed E-state index contributed by atoms with van der Waals surface area (Å²) in [6.07, 6.45) is 1.88. The molecular weight excluding hydrogens is 427 g/mol. The predicted molar refractivity (Wildman–Crippen MR) is 122 cm³/mol. The van der Waals surface area contributed by atoms with Gasteiger partial charge >= 0.3 is 0 Å². The topological polar surface area (TPSA) is 68.6 Å². The summed E-state index contributed by atoms with van der Waals surface area (Å²) in [7, 11) is 0. The van der Waals surface area contributed by atoms with E-state index in [2.05, 4.69) is 16.6 Å². The van der Waals surface area contributed by atoms with E-state index in [1.807, 2.05) is 36.9 Å². The number of hydrogen-bond donors (Lipinski definition) is 2. The van der Waals surface area contributed by atoms with E-state index in [1.165, 1.54) is 17.3 Å². The first-order valence-corrected chi connectivity index (χ1v) is 10.9. The molecule has 2 aromatic carbocycles. The maximum atomic E-state index is 11.7. The highest BCUT2D eigenvalue weighted by Gasteiger charge is 2.34. The quantitative estimate of drug-likeness (QED) is 0.458. The zero-order valence-electron chi connectivity index (χ0n) is 16.1. The van der Waals surface area contributed by atoms with E-state index in [0.29, 0.717) is 15.9 Å². The van der Waals surface area contributed by atoms with E-state index in [9.17, 15) is 4.79 Å². The number of rotatable bonds is 2. The summed E-state index contributed by atoms with van der Waals surface area (Å²) >= 11 is 13.4. The number of carbonyl (C=O) groups is 1. The van der Waals surface area contributed by atoms with Crippen LogP contribution in [0.25, 0.3) is 0 Å². The lowest BCUT2D eigenvalue weighted by molar-refractivity contribution is 0.260. The largest absolute Gasteiger partial charge is 0.326 e. The molecule has 29 heavy (non-hydrogen) atoms. The third-order valence-corrected chi connectivity index (χ3v) is 6.83. The monoisotopic (exact) mass is 446 g/mol. The van der Waals surface area contributed by atoms with Crippen LogP contribution in [0.3, 0.4) is 0 Å². The number of hydrazone groups is 1. The van der Waals surface area contributed by atoms with Gasteiger partial charge in [0.15, 0.2) is 0 Å². The SMILES string of the molecule is CC1(C)SC(=O)NN=C1c1ccc2c(c1)CCCN2C(=N)c1ccc(Cl)c(Cl)c1. The minimum atomic E-state index is -0.405. The van der Waals surface area contributed by atoms with Crippen LogP contribution < -0.4 is 10.3 Å². The molecule has 0 aliphatic carbocycles. The van der Waals surface area contributed by atoms with Crippen LogP contribution in [-0.4, -0.2) is 28.1 Å². The van der Waals surface area contributed by atoms with Crippen LogP contribution in [-0.2, 0) is 6.42 Å². The number of amidine groups is 1. The van der Waals surface area contributed by atoms with Gasteiger partial charge in [-0.15, -0.1) is 0 Å². The zero-order chi connectivity index (χ0) is 20.8. The molecule has 5 nitrogen and oxygen atoms in total. The first-order chi connectivity index (χ1) is 13.8. The zero-order valence-corrected chi connectivity index (χ0v) is 18.4. The third-order valence-electron chi connectivity index (χ3n) is 5.11. The fourth-order valence-electron chi connectivity index (χ4n) is 3.73. The molecule has 0 radical (unpaired) electrons. The van der Waals surface area contributed by atoms with Crippen molar-refractivity contribution in [2.24, 2.45) is 5.10 Å². The molecule has 1 amide bonds. The van der Waals surface area contributed by atoms with Gasteiger partial charge in [0.25, 0.3) is 5.24 Å². The molecule has 0 saturated heterocycles. The molecule has 2 N–H and O–H groups in total. The summed E-state index contributed by atoms with van der Waals surface area (Å²) in [6.45, 7) is 4.77. The van der Waals surface area contributed by atoms with Crippen LogP contribution in [0.4, 0.5) is 10.5 Å². The molecule has 0 spiro atoms. The lowest BCUT2D eigenvalue weighted by Gasteiger charge is -2.33. The Bertz CT molecular complexity index is 1050. The number of nitrogens with one attached hydrogen (secondary N) is 2. The fourth-order valence-corrected chi connectivity index (χ4v) is 4.84. The number of amides is 1. The van der Waals surface area contributed by atoms with Crippen molar-refractivity contribution in [3.63, 3.8) is 0 Å². The number of benzene rings is 2. The molecule has 0 fully saturated rings. The van der Waals surface area contributed by atoms with Crippen molar-refractivity contribution in [1.82, 2.24) is 5.43 Å². The average molecular weight is 447 g/mol. The lowest BCUT2D eigenvalue weighted by atomic mass is 9.93. The fraction of sp³-hybridized carbons (Fsp3) is 0.286. The molecule has 8 heteroatoms. The highest BCUT2D eigenvalue weighted by Crippen LogP contribution is 2.35. The van der Waals surface area contributed by atoms with Crippen LogP contribution in [0.15, 0.2) is 41.5 Å². The van der Waals surface area contributed by atoms with Crippen molar-refractivity contribution in [3.8, 4) is 0 Å². The molecule has 0 aromatic heterocycles. The molecule has 150 valence electrons. The minimum Gasteiger partial charge on any atom is -0.326 e. The van der Waals surface area contributed by atoms with Crippen molar-refractivity contribution in [1.29, 1.82) is 5.41 Å². The van der Waals surface area contributed by atoms with E-state index >= 15 is 0 Å².